The van der Waals surface area contributed by atoms with Crippen LogP contribution >= 0.6 is 11.3 Å². The second kappa shape index (κ2) is 6.56. The van der Waals surface area contributed by atoms with Crippen molar-refractivity contribution in [2.75, 3.05) is 13.1 Å². The highest BCUT2D eigenvalue weighted by Gasteiger charge is 2.30. The molecular formula is C14H17F3N4OS. The Morgan fingerprint density at radius 3 is 2.70 bits per heavy atom. The predicted molar refractivity (Wildman–Crippen MR) is 78.2 cm³/mol. The second-order valence-corrected chi connectivity index (χ2v) is 6.94. The fourth-order valence-electron chi connectivity index (χ4n) is 2.71. The van der Waals surface area contributed by atoms with Crippen LogP contribution in [0.5, 0.6) is 0 Å². The topological polar surface area (TPSA) is 55.1 Å². The summed E-state index contributed by atoms with van der Waals surface area (Å²) in [5, 5.41) is 3.94. The van der Waals surface area contributed by atoms with Crippen molar-refractivity contribution < 1.29 is 17.7 Å². The average molecular weight is 346 g/mol. The lowest BCUT2D eigenvalue weighted by molar-refractivity contribution is -0.127. The first-order valence-corrected chi connectivity index (χ1v) is 8.23. The molecule has 0 aromatic carbocycles. The number of likely N-dealkylation sites (tertiary alicyclic amines) is 1. The van der Waals surface area contributed by atoms with Gasteiger partial charge in [-0.1, -0.05) is 5.16 Å². The van der Waals surface area contributed by atoms with Gasteiger partial charge >= 0.3 is 6.18 Å². The number of hydrogen-bond donors (Lipinski definition) is 0. The molecule has 0 radical (unpaired) electrons. The van der Waals surface area contributed by atoms with Gasteiger partial charge in [0.1, 0.15) is 5.01 Å². The highest BCUT2D eigenvalue weighted by Crippen LogP contribution is 2.29. The molecule has 9 heteroatoms. The minimum absolute atomic E-state index is 0.128. The molecule has 1 saturated heterocycles. The van der Waals surface area contributed by atoms with Gasteiger partial charge in [-0.25, -0.2) is 4.98 Å². The summed E-state index contributed by atoms with van der Waals surface area (Å²) in [6.07, 6.45) is -1.77. The van der Waals surface area contributed by atoms with Crippen molar-refractivity contribution in [3.8, 4) is 0 Å². The van der Waals surface area contributed by atoms with Crippen LogP contribution < -0.4 is 0 Å². The summed E-state index contributed by atoms with van der Waals surface area (Å²) in [6, 6.07) is 0. The largest absolute Gasteiger partial charge is 0.395 e. The van der Waals surface area contributed by atoms with Crippen LogP contribution in [-0.2, 0) is 13.0 Å². The zero-order valence-electron chi connectivity index (χ0n) is 12.6. The van der Waals surface area contributed by atoms with E-state index in [0.717, 1.165) is 42.1 Å². The van der Waals surface area contributed by atoms with Gasteiger partial charge in [-0.05, 0) is 32.9 Å². The number of aromatic nitrogens is 3. The standard InChI is InChI=1S/C14H17F3N4OS/c1-9-19-13(22-20-9)10-2-4-21(5-3-10)8-11-7-18-12(23-11)6-14(15,16)17/h7,10H,2-6,8H2,1H3. The van der Waals surface area contributed by atoms with Gasteiger partial charge in [0.05, 0.1) is 6.42 Å². The molecule has 2 aromatic heterocycles. The van der Waals surface area contributed by atoms with Crippen LogP contribution in [0.4, 0.5) is 13.2 Å². The molecule has 2 aromatic rings. The van der Waals surface area contributed by atoms with Crippen molar-refractivity contribution in [2.45, 2.75) is 44.8 Å². The summed E-state index contributed by atoms with van der Waals surface area (Å²) < 4.78 is 42.3. The van der Waals surface area contributed by atoms with E-state index in [2.05, 4.69) is 20.0 Å². The van der Waals surface area contributed by atoms with Crippen molar-refractivity contribution in [2.24, 2.45) is 0 Å². The minimum atomic E-state index is -4.20. The Labute approximate surface area is 135 Å². The SMILES string of the molecule is Cc1noc(C2CCN(Cc3cnc(CC(F)(F)F)s3)CC2)n1. The molecule has 0 bridgehead atoms. The number of aryl methyl sites for hydroxylation is 1. The number of piperidine rings is 1. The number of rotatable bonds is 4. The van der Waals surface area contributed by atoms with E-state index in [1.165, 1.54) is 0 Å². The smallest absolute Gasteiger partial charge is 0.339 e. The molecule has 1 fully saturated rings. The molecule has 1 aliphatic heterocycles. The lowest BCUT2D eigenvalue weighted by Gasteiger charge is -2.29. The zero-order chi connectivity index (χ0) is 16.4. The Morgan fingerprint density at radius 1 is 1.35 bits per heavy atom. The average Bonchev–Trinajstić information content (AvgIpc) is 3.07. The summed E-state index contributed by atoms with van der Waals surface area (Å²) in [6.45, 7) is 4.16. The first-order chi connectivity index (χ1) is 10.9. The van der Waals surface area contributed by atoms with Crippen LogP contribution in [0.15, 0.2) is 10.7 Å². The van der Waals surface area contributed by atoms with Gasteiger partial charge in [0.2, 0.25) is 5.89 Å². The third-order valence-electron chi connectivity index (χ3n) is 3.81. The molecule has 0 N–H and O–H groups in total. The molecule has 126 valence electrons. The number of nitrogens with zero attached hydrogens (tertiary/aromatic N) is 4. The number of hydrogen-bond acceptors (Lipinski definition) is 6. The van der Waals surface area contributed by atoms with E-state index in [1.54, 1.807) is 13.1 Å². The zero-order valence-corrected chi connectivity index (χ0v) is 13.5. The summed E-state index contributed by atoms with van der Waals surface area (Å²) in [7, 11) is 0. The summed E-state index contributed by atoms with van der Waals surface area (Å²) in [5.74, 6) is 1.60. The van der Waals surface area contributed by atoms with E-state index >= 15 is 0 Å². The van der Waals surface area contributed by atoms with Gasteiger partial charge in [-0.2, -0.15) is 18.2 Å². The maximum atomic E-state index is 12.4. The molecule has 0 amide bonds. The molecule has 0 unspecified atom stereocenters. The fourth-order valence-corrected chi connectivity index (χ4v) is 3.71. The van der Waals surface area contributed by atoms with Crippen LogP contribution in [0.3, 0.4) is 0 Å². The van der Waals surface area contributed by atoms with Crippen LogP contribution in [-0.4, -0.2) is 39.3 Å². The monoisotopic (exact) mass is 346 g/mol. The van der Waals surface area contributed by atoms with E-state index in [-0.39, 0.29) is 10.9 Å². The first kappa shape index (κ1) is 16.4. The Morgan fingerprint density at radius 2 is 2.09 bits per heavy atom. The Bertz CT molecular complexity index is 646. The molecule has 23 heavy (non-hydrogen) atoms. The number of thiazole rings is 1. The van der Waals surface area contributed by atoms with Crippen molar-refractivity contribution in [3.05, 3.63) is 27.8 Å². The minimum Gasteiger partial charge on any atom is -0.339 e. The highest BCUT2D eigenvalue weighted by atomic mass is 32.1. The van der Waals surface area contributed by atoms with E-state index in [4.69, 9.17) is 4.52 Å². The van der Waals surface area contributed by atoms with Crippen molar-refractivity contribution in [1.29, 1.82) is 0 Å². The lowest BCUT2D eigenvalue weighted by atomic mass is 9.97. The van der Waals surface area contributed by atoms with Crippen LogP contribution in [0, 0.1) is 6.92 Å². The molecule has 0 atom stereocenters. The van der Waals surface area contributed by atoms with E-state index in [0.29, 0.717) is 18.3 Å². The van der Waals surface area contributed by atoms with Gasteiger partial charge in [0.25, 0.3) is 0 Å². The molecule has 5 nitrogen and oxygen atoms in total. The maximum Gasteiger partial charge on any atom is 0.395 e. The number of halogens is 3. The Hall–Kier alpha value is -1.48. The third-order valence-corrected chi connectivity index (χ3v) is 4.79. The molecular weight excluding hydrogens is 329 g/mol. The number of alkyl halides is 3. The van der Waals surface area contributed by atoms with Gasteiger partial charge < -0.3 is 4.52 Å². The summed E-state index contributed by atoms with van der Waals surface area (Å²) in [5.41, 5.74) is 0. The van der Waals surface area contributed by atoms with E-state index < -0.39 is 12.6 Å². The molecule has 1 aliphatic rings. The van der Waals surface area contributed by atoms with Crippen LogP contribution in [0.25, 0.3) is 0 Å². The van der Waals surface area contributed by atoms with E-state index in [1.807, 2.05) is 0 Å². The second-order valence-electron chi connectivity index (χ2n) is 5.74. The van der Waals surface area contributed by atoms with Gasteiger partial charge in [0, 0.05) is 23.5 Å². The molecule has 0 saturated carbocycles. The normalized spacial score (nSPS) is 17.7. The van der Waals surface area contributed by atoms with Crippen molar-refractivity contribution >= 4 is 11.3 Å². The van der Waals surface area contributed by atoms with Crippen LogP contribution in [0.2, 0.25) is 0 Å². The molecule has 0 aliphatic carbocycles. The van der Waals surface area contributed by atoms with Gasteiger partial charge in [0.15, 0.2) is 5.82 Å². The van der Waals surface area contributed by atoms with Crippen molar-refractivity contribution in [1.82, 2.24) is 20.0 Å². The third kappa shape index (κ3) is 4.51. The Kier molecular flexibility index (Phi) is 4.67. The summed E-state index contributed by atoms with van der Waals surface area (Å²) in [4.78, 5) is 11.2. The Balaban J connectivity index is 1.51. The van der Waals surface area contributed by atoms with Crippen LogP contribution in [0.1, 0.15) is 40.4 Å². The molecule has 0 spiro atoms. The highest BCUT2D eigenvalue weighted by molar-refractivity contribution is 7.11. The predicted octanol–water partition coefficient (Wildman–Crippen LogP) is 3.32. The quantitative estimate of drug-likeness (QED) is 0.850. The fraction of sp³-hybridized carbons (Fsp3) is 0.643. The van der Waals surface area contributed by atoms with Gasteiger partial charge in [-0.15, -0.1) is 11.3 Å². The maximum absolute atomic E-state index is 12.4. The van der Waals surface area contributed by atoms with Gasteiger partial charge in [-0.3, -0.25) is 4.90 Å². The van der Waals surface area contributed by atoms with Crippen molar-refractivity contribution in [3.63, 3.8) is 0 Å². The molecule has 3 rings (SSSR count). The molecule has 3 heterocycles. The lowest BCUT2D eigenvalue weighted by Crippen LogP contribution is -2.32. The first-order valence-electron chi connectivity index (χ1n) is 7.42. The van der Waals surface area contributed by atoms with E-state index in [9.17, 15) is 13.2 Å². The summed E-state index contributed by atoms with van der Waals surface area (Å²) >= 11 is 1.14.